The number of hydrogen-bond acceptors (Lipinski definition) is 5. The summed E-state index contributed by atoms with van der Waals surface area (Å²) in [5.74, 6) is -0.332. The molecule has 1 heterocycles. The van der Waals surface area contributed by atoms with Crippen molar-refractivity contribution >= 4 is 35.1 Å². The van der Waals surface area contributed by atoms with E-state index in [-0.39, 0.29) is 5.57 Å². The molecule has 3 aromatic rings. The summed E-state index contributed by atoms with van der Waals surface area (Å²) in [7, 11) is 1.26. The smallest absolute Gasteiger partial charge is 0.343 e. The molecule has 1 aliphatic heterocycles. The first-order valence-electron chi connectivity index (χ1n) is 10.4. The van der Waals surface area contributed by atoms with Gasteiger partial charge in [0.15, 0.2) is 0 Å². The van der Waals surface area contributed by atoms with Crippen molar-refractivity contribution in [2.75, 3.05) is 12.0 Å². The summed E-state index contributed by atoms with van der Waals surface area (Å²) in [4.78, 5) is 27.2. The van der Waals surface area contributed by atoms with Gasteiger partial charge in [-0.15, -0.1) is 0 Å². The van der Waals surface area contributed by atoms with Gasteiger partial charge in [-0.1, -0.05) is 54.1 Å². The molecule has 0 saturated carbocycles. The first-order valence-corrected chi connectivity index (χ1v) is 10.7. The van der Waals surface area contributed by atoms with Crippen LogP contribution in [0.1, 0.15) is 18.1 Å². The van der Waals surface area contributed by atoms with Crippen molar-refractivity contribution in [2.45, 2.75) is 13.5 Å². The number of benzene rings is 3. The topological polar surface area (TPSA) is 55.8 Å². The van der Waals surface area contributed by atoms with Gasteiger partial charge in [0, 0.05) is 16.4 Å². The van der Waals surface area contributed by atoms with Crippen LogP contribution in [0.2, 0.25) is 5.02 Å². The summed E-state index contributed by atoms with van der Waals surface area (Å²) in [6, 6.07) is 24.4. The second kappa shape index (κ2) is 9.76. The Labute approximate surface area is 197 Å². The van der Waals surface area contributed by atoms with E-state index in [1.165, 1.54) is 7.11 Å². The van der Waals surface area contributed by atoms with Crippen molar-refractivity contribution in [3.8, 4) is 5.75 Å². The Morgan fingerprint density at radius 1 is 0.970 bits per heavy atom. The van der Waals surface area contributed by atoms with Crippen molar-refractivity contribution < 1.29 is 19.1 Å². The Morgan fingerprint density at radius 3 is 2.27 bits per heavy atom. The molecule has 0 N–H and O–H groups in total. The normalized spacial score (nSPS) is 14.7. The average Bonchev–Trinajstić information content (AvgIpc) is 3.08. The van der Waals surface area contributed by atoms with Crippen LogP contribution in [0.4, 0.5) is 5.69 Å². The summed E-state index contributed by atoms with van der Waals surface area (Å²) < 4.78 is 10.7. The van der Waals surface area contributed by atoms with Gasteiger partial charge >= 0.3 is 5.97 Å². The Kier molecular flexibility index (Phi) is 6.61. The minimum atomic E-state index is -0.662. The molecule has 0 aliphatic carbocycles. The van der Waals surface area contributed by atoms with E-state index in [9.17, 15) is 9.59 Å². The number of carbonyl (C=O) groups is 2. The molecular formula is C27H22ClNO4. The Bertz CT molecular complexity index is 1230. The molecule has 166 valence electrons. The Morgan fingerprint density at radius 2 is 1.64 bits per heavy atom. The summed E-state index contributed by atoms with van der Waals surface area (Å²) in [6.45, 7) is 2.19. The number of allylic oxidation sites excluding steroid dienone is 2. The maximum atomic E-state index is 13.2. The number of halogens is 1. The van der Waals surface area contributed by atoms with Crippen LogP contribution in [0.3, 0.4) is 0 Å². The van der Waals surface area contributed by atoms with E-state index in [4.69, 9.17) is 21.1 Å². The highest BCUT2D eigenvalue weighted by molar-refractivity contribution is 6.31. The molecule has 0 aromatic heterocycles. The third-order valence-electron chi connectivity index (χ3n) is 5.30. The third-order valence-corrected chi connectivity index (χ3v) is 5.56. The largest absolute Gasteiger partial charge is 0.489 e. The summed E-state index contributed by atoms with van der Waals surface area (Å²) >= 11 is 6.03. The van der Waals surface area contributed by atoms with Gasteiger partial charge in [-0.25, -0.2) is 4.79 Å². The number of rotatable bonds is 6. The first-order chi connectivity index (χ1) is 16.0. The van der Waals surface area contributed by atoms with Gasteiger partial charge in [-0.3, -0.25) is 4.79 Å². The Balaban J connectivity index is 1.62. The minimum Gasteiger partial charge on any atom is -0.489 e. The van der Waals surface area contributed by atoms with Crippen molar-refractivity contribution in [3.05, 3.63) is 112 Å². The van der Waals surface area contributed by atoms with E-state index in [2.05, 4.69) is 0 Å². The maximum absolute atomic E-state index is 13.2. The molecule has 0 atom stereocenters. The lowest BCUT2D eigenvalue weighted by molar-refractivity contribution is -0.137. The number of Topliss-reactive ketones (excluding diaryl/α,β-unsaturated/α-hetero) is 1. The predicted octanol–water partition coefficient (Wildman–Crippen LogP) is 5.80. The number of carbonyl (C=O) groups excluding carboxylic acids is 2. The zero-order chi connectivity index (χ0) is 23.4. The highest BCUT2D eigenvalue weighted by atomic mass is 35.5. The SMILES string of the molecule is COC(=O)C1=C(C)N(c2ccc(Cl)cc2)/C(=C\c2ccc(OCc3ccccc3)cc2)C1=O. The van der Waals surface area contributed by atoms with Gasteiger partial charge in [0.1, 0.15) is 17.9 Å². The standard InChI is InChI=1S/C27H22ClNO4/c1-18-25(27(31)32-2)26(30)24(29(18)22-12-10-21(28)11-13-22)16-19-8-14-23(15-9-19)33-17-20-6-4-3-5-7-20/h3-16H,17H2,1-2H3/b24-16-. The number of esters is 1. The molecule has 6 heteroatoms. The van der Waals surface area contributed by atoms with Gasteiger partial charge in [0.05, 0.1) is 12.8 Å². The molecule has 0 bridgehead atoms. The van der Waals surface area contributed by atoms with Crippen LogP contribution in [-0.4, -0.2) is 18.9 Å². The number of anilines is 1. The molecule has 0 fully saturated rings. The fourth-order valence-corrected chi connectivity index (χ4v) is 3.77. The molecule has 0 spiro atoms. The van der Waals surface area contributed by atoms with Gasteiger partial charge in [-0.05, 0) is 60.5 Å². The molecule has 4 rings (SSSR count). The number of methoxy groups -OCH3 is 1. The molecule has 0 amide bonds. The number of ketones is 1. The summed E-state index contributed by atoms with van der Waals surface area (Å²) in [5.41, 5.74) is 3.47. The lowest BCUT2D eigenvalue weighted by atomic mass is 10.1. The zero-order valence-corrected chi connectivity index (χ0v) is 19.0. The third kappa shape index (κ3) is 4.83. The van der Waals surface area contributed by atoms with Gasteiger partial charge < -0.3 is 14.4 Å². The summed E-state index contributed by atoms with van der Waals surface area (Å²) in [6.07, 6.45) is 1.75. The van der Waals surface area contributed by atoms with Gasteiger partial charge in [-0.2, -0.15) is 0 Å². The van der Waals surface area contributed by atoms with Crippen molar-refractivity contribution in [1.29, 1.82) is 0 Å². The molecule has 3 aromatic carbocycles. The fourth-order valence-electron chi connectivity index (χ4n) is 3.64. The van der Waals surface area contributed by atoms with E-state index in [1.54, 1.807) is 42.2 Å². The second-order valence-electron chi connectivity index (χ2n) is 7.47. The highest BCUT2D eigenvalue weighted by Crippen LogP contribution is 2.36. The van der Waals surface area contributed by atoms with E-state index in [0.29, 0.717) is 23.0 Å². The highest BCUT2D eigenvalue weighted by Gasteiger charge is 2.38. The molecule has 1 aliphatic rings. The van der Waals surface area contributed by atoms with Gasteiger partial charge in [0.2, 0.25) is 5.78 Å². The second-order valence-corrected chi connectivity index (χ2v) is 7.90. The molecule has 0 unspecified atom stereocenters. The van der Waals surface area contributed by atoms with Crippen LogP contribution in [0.25, 0.3) is 6.08 Å². The van der Waals surface area contributed by atoms with Crippen LogP contribution in [0.5, 0.6) is 5.75 Å². The van der Waals surface area contributed by atoms with Crippen LogP contribution >= 0.6 is 11.6 Å². The van der Waals surface area contributed by atoms with Crippen LogP contribution < -0.4 is 9.64 Å². The van der Waals surface area contributed by atoms with Crippen LogP contribution in [0.15, 0.2) is 95.8 Å². The molecule has 0 saturated heterocycles. The fraction of sp³-hybridized carbons (Fsp3) is 0.111. The molecule has 5 nitrogen and oxygen atoms in total. The lowest BCUT2D eigenvalue weighted by Gasteiger charge is -2.21. The van der Waals surface area contributed by atoms with Crippen molar-refractivity contribution in [1.82, 2.24) is 0 Å². The quantitative estimate of drug-likeness (QED) is 0.265. The number of ether oxygens (including phenoxy) is 2. The zero-order valence-electron chi connectivity index (χ0n) is 18.2. The maximum Gasteiger partial charge on any atom is 0.343 e. The minimum absolute atomic E-state index is 0.0153. The van der Waals surface area contributed by atoms with Crippen LogP contribution in [0, 0.1) is 0 Å². The van der Waals surface area contributed by atoms with E-state index >= 15 is 0 Å². The molecule has 0 radical (unpaired) electrons. The van der Waals surface area contributed by atoms with E-state index in [1.807, 2.05) is 54.6 Å². The first kappa shape index (κ1) is 22.4. The van der Waals surface area contributed by atoms with Gasteiger partial charge in [0.25, 0.3) is 0 Å². The number of nitrogens with zero attached hydrogens (tertiary/aromatic N) is 1. The monoisotopic (exact) mass is 459 g/mol. The van der Waals surface area contributed by atoms with Crippen molar-refractivity contribution in [2.24, 2.45) is 0 Å². The van der Waals surface area contributed by atoms with E-state index < -0.39 is 11.8 Å². The number of hydrogen-bond donors (Lipinski definition) is 0. The molecular weight excluding hydrogens is 438 g/mol. The Hall–Kier alpha value is -3.83. The van der Waals surface area contributed by atoms with E-state index in [0.717, 1.165) is 22.6 Å². The predicted molar refractivity (Wildman–Crippen MR) is 129 cm³/mol. The van der Waals surface area contributed by atoms with Crippen molar-refractivity contribution in [3.63, 3.8) is 0 Å². The molecule has 33 heavy (non-hydrogen) atoms. The summed E-state index contributed by atoms with van der Waals surface area (Å²) in [5, 5.41) is 0.579. The van der Waals surface area contributed by atoms with Crippen LogP contribution in [-0.2, 0) is 20.9 Å². The average molecular weight is 460 g/mol. The lowest BCUT2D eigenvalue weighted by Crippen LogP contribution is -2.18.